The highest BCUT2D eigenvalue weighted by Crippen LogP contribution is 2.29. The first-order valence-corrected chi connectivity index (χ1v) is 8.16. The summed E-state index contributed by atoms with van der Waals surface area (Å²) in [6, 6.07) is 10.3. The lowest BCUT2D eigenvalue weighted by atomic mass is 10.00. The van der Waals surface area contributed by atoms with Crippen molar-refractivity contribution in [2.45, 2.75) is 12.5 Å². The molecule has 4 nitrogen and oxygen atoms in total. The molecule has 0 aliphatic carbocycles. The van der Waals surface area contributed by atoms with Crippen LogP contribution in [0.4, 0.5) is 0 Å². The van der Waals surface area contributed by atoms with Crippen molar-refractivity contribution >= 4 is 17.2 Å². The Morgan fingerprint density at radius 1 is 1.29 bits per heavy atom. The average Bonchev–Trinajstić information content (AvgIpc) is 3.24. The van der Waals surface area contributed by atoms with Gasteiger partial charge in [0.05, 0.1) is 6.20 Å². The maximum Gasteiger partial charge on any atom is 0.263 e. The molecule has 21 heavy (non-hydrogen) atoms. The van der Waals surface area contributed by atoms with Gasteiger partial charge in [-0.1, -0.05) is 30.3 Å². The molecule has 3 atom stereocenters. The Morgan fingerprint density at radius 3 is 2.86 bits per heavy atom. The molecule has 2 aliphatic rings. The monoisotopic (exact) mass is 299 g/mol. The van der Waals surface area contributed by atoms with Crippen LogP contribution in [0.15, 0.2) is 36.5 Å². The summed E-state index contributed by atoms with van der Waals surface area (Å²) in [6.45, 7) is 3.33. The molecule has 3 heterocycles. The first kappa shape index (κ1) is 13.0. The molecule has 4 rings (SSSR count). The fraction of sp³-hybridized carbons (Fsp3) is 0.375. The van der Waals surface area contributed by atoms with Gasteiger partial charge in [0.15, 0.2) is 0 Å². The Bertz CT molecular complexity index is 655. The van der Waals surface area contributed by atoms with Crippen molar-refractivity contribution in [3.8, 4) is 10.6 Å². The van der Waals surface area contributed by atoms with Crippen molar-refractivity contribution in [3.63, 3.8) is 0 Å². The van der Waals surface area contributed by atoms with Crippen molar-refractivity contribution < 1.29 is 4.79 Å². The largest absolute Gasteiger partial charge is 0.347 e. The zero-order valence-electron chi connectivity index (χ0n) is 11.7. The number of hydrogen-bond donors (Lipinski definition) is 1. The Balaban J connectivity index is 1.47. The van der Waals surface area contributed by atoms with E-state index in [1.807, 2.05) is 30.3 Å². The van der Waals surface area contributed by atoms with Crippen LogP contribution in [0.1, 0.15) is 16.1 Å². The van der Waals surface area contributed by atoms with Gasteiger partial charge in [0.2, 0.25) is 0 Å². The lowest BCUT2D eigenvalue weighted by molar-refractivity contribution is 0.0928. The molecule has 5 heteroatoms. The molecule has 2 aromatic rings. The molecular weight excluding hydrogens is 282 g/mol. The van der Waals surface area contributed by atoms with E-state index in [9.17, 15) is 4.79 Å². The number of hydrogen-bond acceptors (Lipinski definition) is 4. The van der Waals surface area contributed by atoms with Gasteiger partial charge in [-0.2, -0.15) is 0 Å². The van der Waals surface area contributed by atoms with Crippen LogP contribution < -0.4 is 5.32 Å². The first-order chi connectivity index (χ1) is 10.3. The van der Waals surface area contributed by atoms with E-state index in [1.54, 1.807) is 6.20 Å². The van der Waals surface area contributed by atoms with E-state index in [-0.39, 0.29) is 5.91 Å². The van der Waals surface area contributed by atoms with Crippen LogP contribution in [0.5, 0.6) is 0 Å². The molecule has 0 saturated carbocycles. The third-order valence-corrected chi connectivity index (χ3v) is 5.44. The van der Waals surface area contributed by atoms with E-state index >= 15 is 0 Å². The standard InChI is InChI=1S/C16H17N3OS/c20-15(18-13-10-19-7-6-12(13)9-19)14-8-17-16(21-14)11-4-2-1-3-5-11/h1-5,8,12-13H,6-7,9-10H2,(H,18,20)/t12-,13+/m1/s1. The van der Waals surface area contributed by atoms with Crippen LogP contribution in [0.25, 0.3) is 10.6 Å². The number of thiazole rings is 1. The lowest BCUT2D eigenvalue weighted by Gasteiger charge is -2.22. The van der Waals surface area contributed by atoms with Gasteiger partial charge in [-0.3, -0.25) is 4.79 Å². The van der Waals surface area contributed by atoms with Crippen molar-refractivity contribution in [2.75, 3.05) is 19.6 Å². The van der Waals surface area contributed by atoms with Gasteiger partial charge in [0.25, 0.3) is 5.91 Å². The second kappa shape index (κ2) is 5.24. The van der Waals surface area contributed by atoms with E-state index in [0.29, 0.717) is 16.8 Å². The summed E-state index contributed by atoms with van der Waals surface area (Å²) >= 11 is 1.46. The highest BCUT2D eigenvalue weighted by molar-refractivity contribution is 7.16. The summed E-state index contributed by atoms with van der Waals surface area (Å²) in [6.07, 6.45) is 2.90. The first-order valence-electron chi connectivity index (χ1n) is 7.34. The van der Waals surface area contributed by atoms with E-state index in [0.717, 1.165) is 23.7 Å². The topological polar surface area (TPSA) is 45.2 Å². The van der Waals surface area contributed by atoms with Crippen LogP contribution in [-0.2, 0) is 0 Å². The summed E-state index contributed by atoms with van der Waals surface area (Å²) in [5.74, 6) is 0.656. The summed E-state index contributed by atoms with van der Waals surface area (Å²) in [7, 11) is 0. The van der Waals surface area contributed by atoms with Gasteiger partial charge in [0.1, 0.15) is 9.88 Å². The van der Waals surface area contributed by atoms with Gasteiger partial charge in [-0.25, -0.2) is 4.98 Å². The minimum Gasteiger partial charge on any atom is -0.347 e. The number of carbonyl (C=O) groups excluding carboxylic acids is 1. The molecule has 2 aliphatic heterocycles. The number of nitrogens with one attached hydrogen (secondary N) is 1. The van der Waals surface area contributed by atoms with Crippen LogP contribution in [-0.4, -0.2) is 41.5 Å². The molecule has 1 aromatic carbocycles. The number of benzene rings is 1. The number of fused-ring (bicyclic) bond motifs is 2. The SMILES string of the molecule is O=C(N[C@H]1CN2CC[C@@H]1C2)c1cnc(-c2ccccc2)s1. The van der Waals surface area contributed by atoms with E-state index < -0.39 is 0 Å². The number of amides is 1. The predicted molar refractivity (Wildman–Crippen MR) is 83.4 cm³/mol. The molecule has 1 N–H and O–H groups in total. The molecule has 2 saturated heterocycles. The number of piperidine rings is 1. The maximum atomic E-state index is 12.4. The molecule has 2 bridgehead atoms. The number of nitrogens with zero attached hydrogens (tertiary/aromatic N) is 2. The van der Waals surface area contributed by atoms with Crippen molar-refractivity contribution in [2.24, 2.45) is 5.92 Å². The normalized spacial score (nSPS) is 27.0. The number of rotatable bonds is 3. The molecule has 1 aromatic heterocycles. The lowest BCUT2D eigenvalue weighted by Crippen LogP contribution is -2.42. The van der Waals surface area contributed by atoms with E-state index in [1.165, 1.54) is 24.3 Å². The Labute approximate surface area is 127 Å². The summed E-state index contributed by atoms with van der Waals surface area (Å²) in [5, 5.41) is 4.08. The molecule has 0 radical (unpaired) electrons. The third-order valence-electron chi connectivity index (χ3n) is 4.40. The molecule has 2 fully saturated rings. The van der Waals surface area contributed by atoms with Gasteiger partial charge in [-0.15, -0.1) is 11.3 Å². The van der Waals surface area contributed by atoms with Crippen molar-refractivity contribution in [1.82, 2.24) is 15.2 Å². The van der Waals surface area contributed by atoms with Gasteiger partial charge >= 0.3 is 0 Å². The second-order valence-corrected chi connectivity index (χ2v) is 6.81. The highest BCUT2D eigenvalue weighted by Gasteiger charge is 2.38. The minimum absolute atomic E-state index is 0.0217. The maximum absolute atomic E-state index is 12.4. The fourth-order valence-electron chi connectivity index (χ4n) is 3.28. The second-order valence-electron chi connectivity index (χ2n) is 5.78. The van der Waals surface area contributed by atoms with Crippen molar-refractivity contribution in [1.29, 1.82) is 0 Å². The smallest absolute Gasteiger partial charge is 0.263 e. The van der Waals surface area contributed by atoms with E-state index in [4.69, 9.17) is 0 Å². The molecule has 1 unspecified atom stereocenters. The molecule has 1 amide bonds. The van der Waals surface area contributed by atoms with Crippen molar-refractivity contribution in [3.05, 3.63) is 41.4 Å². The quantitative estimate of drug-likeness (QED) is 0.945. The highest BCUT2D eigenvalue weighted by atomic mass is 32.1. The number of aromatic nitrogens is 1. The zero-order chi connectivity index (χ0) is 14.2. The summed E-state index contributed by atoms with van der Waals surface area (Å²) in [4.78, 5) is 19.9. The van der Waals surface area contributed by atoms with Crippen LogP contribution in [0.3, 0.4) is 0 Å². The summed E-state index contributed by atoms with van der Waals surface area (Å²) < 4.78 is 0. The van der Waals surface area contributed by atoms with Crippen LogP contribution in [0.2, 0.25) is 0 Å². The minimum atomic E-state index is 0.0217. The molecular formula is C16H17N3OS. The average molecular weight is 299 g/mol. The Hall–Kier alpha value is -1.72. The number of carbonyl (C=O) groups is 1. The van der Waals surface area contributed by atoms with Gasteiger partial charge in [0, 0.05) is 24.7 Å². The summed E-state index contributed by atoms with van der Waals surface area (Å²) in [5.41, 5.74) is 1.06. The Kier molecular flexibility index (Phi) is 3.24. The molecule has 0 spiro atoms. The van der Waals surface area contributed by atoms with Crippen LogP contribution in [0, 0.1) is 5.92 Å². The third kappa shape index (κ3) is 2.47. The predicted octanol–water partition coefficient (Wildman–Crippen LogP) is 2.24. The van der Waals surface area contributed by atoms with Crippen LogP contribution >= 0.6 is 11.3 Å². The van der Waals surface area contributed by atoms with Gasteiger partial charge in [-0.05, 0) is 18.9 Å². The Morgan fingerprint density at radius 2 is 2.14 bits per heavy atom. The van der Waals surface area contributed by atoms with Gasteiger partial charge < -0.3 is 10.2 Å². The fourth-order valence-corrected chi connectivity index (χ4v) is 4.11. The molecule has 108 valence electrons. The zero-order valence-corrected chi connectivity index (χ0v) is 12.5. The van der Waals surface area contributed by atoms with E-state index in [2.05, 4.69) is 15.2 Å².